The highest BCUT2D eigenvalue weighted by Crippen LogP contribution is 2.16. The lowest BCUT2D eigenvalue weighted by atomic mass is 10.1. The summed E-state index contributed by atoms with van der Waals surface area (Å²) in [7, 11) is 1.88. The van der Waals surface area contributed by atoms with Gasteiger partial charge >= 0.3 is 5.97 Å². The number of carbonyl (C=O) groups excluding carboxylic acids is 2. The van der Waals surface area contributed by atoms with Gasteiger partial charge in [0.05, 0.1) is 5.39 Å². The van der Waals surface area contributed by atoms with Gasteiger partial charge in [0.15, 0.2) is 12.3 Å². The minimum Gasteiger partial charge on any atom is -0.452 e. The molecule has 28 heavy (non-hydrogen) atoms. The van der Waals surface area contributed by atoms with Gasteiger partial charge in [-0.2, -0.15) is 5.10 Å². The number of ether oxygens (including phenoxy) is 1. The molecule has 146 valence electrons. The number of Topliss-reactive ketones (excluding diaryl/α,β-unsaturated/α-hetero) is 1. The van der Waals surface area contributed by atoms with Gasteiger partial charge in [-0.15, -0.1) is 0 Å². The van der Waals surface area contributed by atoms with Crippen LogP contribution in [0.3, 0.4) is 0 Å². The average molecular weight is 381 g/mol. The molecule has 0 saturated carbocycles. The van der Waals surface area contributed by atoms with Crippen molar-refractivity contribution < 1.29 is 14.3 Å². The molecule has 1 aromatic carbocycles. The second-order valence-corrected chi connectivity index (χ2v) is 6.77. The van der Waals surface area contributed by atoms with E-state index in [9.17, 15) is 14.4 Å². The Bertz CT molecular complexity index is 1120. The largest absolute Gasteiger partial charge is 0.452 e. The molecule has 0 aliphatic heterocycles. The van der Waals surface area contributed by atoms with Crippen LogP contribution in [0.15, 0.2) is 35.1 Å². The summed E-state index contributed by atoms with van der Waals surface area (Å²) in [5.74, 6) is -1.000. The number of hydrogen-bond donors (Lipinski definition) is 0. The van der Waals surface area contributed by atoms with Crippen LogP contribution in [0.4, 0.5) is 0 Å². The first-order valence-electron chi connectivity index (χ1n) is 9.18. The lowest BCUT2D eigenvalue weighted by Crippen LogP contribution is -2.27. The molecule has 0 amide bonds. The topological polar surface area (TPSA) is 83.2 Å². The number of ketones is 1. The number of fused-ring (bicyclic) bond motifs is 1. The van der Waals surface area contributed by atoms with Gasteiger partial charge in [-0.3, -0.25) is 9.59 Å². The van der Waals surface area contributed by atoms with Gasteiger partial charge in [-0.1, -0.05) is 25.1 Å². The minimum absolute atomic E-state index is 0.0393. The quantitative estimate of drug-likeness (QED) is 0.484. The maximum absolute atomic E-state index is 12.7. The Hall–Kier alpha value is -3.22. The molecule has 3 rings (SSSR count). The van der Waals surface area contributed by atoms with Crippen LogP contribution >= 0.6 is 0 Å². The van der Waals surface area contributed by atoms with Crippen LogP contribution in [-0.4, -0.2) is 32.7 Å². The summed E-state index contributed by atoms with van der Waals surface area (Å²) in [4.78, 5) is 37.7. The van der Waals surface area contributed by atoms with Crippen molar-refractivity contribution in [3.63, 3.8) is 0 Å². The standard InChI is InChI=1S/C21H23N3O4/c1-5-10-24-20(26)16-9-7-6-8-15(16)19(22-24)21(27)28-12-18(25)17-11-13(2)23(4)14(17)3/h6-9,11H,5,10,12H2,1-4H3. The highest BCUT2D eigenvalue weighted by atomic mass is 16.5. The van der Waals surface area contributed by atoms with Crippen molar-refractivity contribution in [2.75, 3.05) is 6.61 Å². The fourth-order valence-electron chi connectivity index (χ4n) is 3.16. The normalized spacial score (nSPS) is 11.0. The van der Waals surface area contributed by atoms with Crippen LogP contribution in [0.2, 0.25) is 0 Å². The molecule has 0 saturated heterocycles. The lowest BCUT2D eigenvalue weighted by Gasteiger charge is -2.10. The molecule has 0 aliphatic rings. The van der Waals surface area contributed by atoms with Crippen molar-refractivity contribution in [1.82, 2.24) is 14.3 Å². The van der Waals surface area contributed by atoms with Crippen LogP contribution in [0.25, 0.3) is 10.8 Å². The van der Waals surface area contributed by atoms with E-state index in [-0.39, 0.29) is 23.6 Å². The van der Waals surface area contributed by atoms with Crippen molar-refractivity contribution in [3.8, 4) is 0 Å². The number of esters is 1. The second kappa shape index (κ2) is 7.80. The maximum atomic E-state index is 12.7. The van der Waals surface area contributed by atoms with Gasteiger partial charge < -0.3 is 9.30 Å². The third-order valence-electron chi connectivity index (χ3n) is 4.91. The third kappa shape index (κ3) is 3.47. The zero-order valence-corrected chi connectivity index (χ0v) is 16.5. The Morgan fingerprint density at radius 1 is 1.14 bits per heavy atom. The molecule has 2 heterocycles. The van der Waals surface area contributed by atoms with Gasteiger partial charge in [-0.05, 0) is 32.4 Å². The van der Waals surface area contributed by atoms with Crippen LogP contribution in [-0.2, 0) is 18.3 Å². The Morgan fingerprint density at radius 3 is 2.43 bits per heavy atom. The molecule has 0 unspecified atom stereocenters. The molecular formula is C21H23N3O4. The highest BCUT2D eigenvalue weighted by Gasteiger charge is 2.20. The van der Waals surface area contributed by atoms with Gasteiger partial charge in [0.1, 0.15) is 0 Å². The predicted octanol–water partition coefficient (Wildman–Crippen LogP) is 2.80. The first-order valence-corrected chi connectivity index (χ1v) is 9.18. The molecule has 0 fully saturated rings. The number of rotatable bonds is 6. The summed E-state index contributed by atoms with van der Waals surface area (Å²) in [5.41, 5.74) is 2.09. The van der Waals surface area contributed by atoms with E-state index in [0.29, 0.717) is 29.3 Å². The molecule has 2 aromatic heterocycles. The fraction of sp³-hybridized carbons (Fsp3) is 0.333. The van der Waals surface area contributed by atoms with Crippen molar-refractivity contribution in [2.45, 2.75) is 33.7 Å². The van der Waals surface area contributed by atoms with E-state index in [0.717, 1.165) is 11.4 Å². The summed E-state index contributed by atoms with van der Waals surface area (Å²) in [6, 6.07) is 8.55. The number of hydrogen-bond acceptors (Lipinski definition) is 5. The molecule has 0 aliphatic carbocycles. The zero-order valence-electron chi connectivity index (χ0n) is 16.5. The van der Waals surface area contributed by atoms with Crippen LogP contribution in [0.5, 0.6) is 0 Å². The molecule has 0 atom stereocenters. The Labute approximate surface area is 162 Å². The van der Waals surface area contributed by atoms with Gasteiger partial charge in [-0.25, -0.2) is 9.48 Å². The maximum Gasteiger partial charge on any atom is 0.359 e. The molecule has 7 heteroatoms. The summed E-state index contributed by atoms with van der Waals surface area (Å²) >= 11 is 0. The Morgan fingerprint density at radius 2 is 1.82 bits per heavy atom. The number of aryl methyl sites for hydroxylation is 2. The van der Waals surface area contributed by atoms with Crippen molar-refractivity contribution in [2.24, 2.45) is 7.05 Å². The fourth-order valence-corrected chi connectivity index (χ4v) is 3.16. The van der Waals surface area contributed by atoms with Crippen LogP contribution in [0, 0.1) is 13.8 Å². The van der Waals surface area contributed by atoms with Gasteiger partial charge in [0.2, 0.25) is 5.78 Å². The van der Waals surface area contributed by atoms with E-state index in [2.05, 4.69) is 5.10 Å². The first kappa shape index (κ1) is 19.5. The van der Waals surface area contributed by atoms with Crippen LogP contribution < -0.4 is 5.56 Å². The second-order valence-electron chi connectivity index (χ2n) is 6.77. The molecule has 7 nitrogen and oxygen atoms in total. The summed E-state index contributed by atoms with van der Waals surface area (Å²) in [5, 5.41) is 5.01. The van der Waals surface area contributed by atoms with E-state index in [1.165, 1.54) is 4.68 Å². The lowest BCUT2D eigenvalue weighted by molar-refractivity contribution is 0.0468. The third-order valence-corrected chi connectivity index (χ3v) is 4.91. The Kier molecular flexibility index (Phi) is 5.44. The van der Waals surface area contributed by atoms with E-state index >= 15 is 0 Å². The number of nitrogens with zero attached hydrogens (tertiary/aromatic N) is 3. The average Bonchev–Trinajstić information content (AvgIpc) is 2.95. The van der Waals surface area contributed by atoms with E-state index < -0.39 is 5.97 Å². The molecule has 3 aromatic rings. The first-order chi connectivity index (χ1) is 13.3. The summed E-state index contributed by atoms with van der Waals surface area (Å²) in [6.45, 7) is 5.68. The summed E-state index contributed by atoms with van der Waals surface area (Å²) in [6.07, 6.45) is 0.699. The Balaban J connectivity index is 1.89. The number of aromatic nitrogens is 3. The van der Waals surface area contributed by atoms with Crippen molar-refractivity contribution in [1.29, 1.82) is 0 Å². The number of carbonyl (C=O) groups is 2. The number of benzene rings is 1. The smallest absolute Gasteiger partial charge is 0.359 e. The molecule has 0 spiro atoms. The molecule has 0 radical (unpaired) electrons. The molecular weight excluding hydrogens is 358 g/mol. The zero-order chi connectivity index (χ0) is 20.4. The van der Waals surface area contributed by atoms with Crippen molar-refractivity contribution in [3.05, 3.63) is 63.3 Å². The highest BCUT2D eigenvalue weighted by molar-refractivity contribution is 6.04. The predicted molar refractivity (Wildman–Crippen MR) is 106 cm³/mol. The van der Waals surface area contributed by atoms with E-state index in [4.69, 9.17) is 4.74 Å². The van der Waals surface area contributed by atoms with Crippen molar-refractivity contribution >= 4 is 22.5 Å². The monoisotopic (exact) mass is 381 g/mol. The minimum atomic E-state index is -0.722. The van der Waals surface area contributed by atoms with Crippen LogP contribution in [0.1, 0.15) is 45.6 Å². The molecule has 0 N–H and O–H groups in total. The summed E-state index contributed by atoms with van der Waals surface area (Å²) < 4.78 is 8.43. The molecule has 0 bridgehead atoms. The SMILES string of the molecule is CCCn1nc(C(=O)OCC(=O)c2cc(C)n(C)c2C)c2ccccc2c1=O. The van der Waals surface area contributed by atoms with Gasteiger partial charge in [0, 0.05) is 35.9 Å². The van der Waals surface area contributed by atoms with E-state index in [1.54, 1.807) is 30.3 Å². The van der Waals surface area contributed by atoms with Gasteiger partial charge in [0.25, 0.3) is 5.56 Å². The van der Waals surface area contributed by atoms with E-state index in [1.807, 2.05) is 32.4 Å².